The molecule has 0 bridgehead atoms. The predicted molar refractivity (Wildman–Crippen MR) is 148 cm³/mol. The number of nitrogens with one attached hydrogen (secondary N) is 2. The molecule has 8 heteroatoms. The monoisotopic (exact) mass is 530 g/mol. The van der Waals surface area contributed by atoms with E-state index in [0.29, 0.717) is 17.4 Å². The summed E-state index contributed by atoms with van der Waals surface area (Å²) in [4.78, 5) is 25.9. The molecule has 1 saturated heterocycles. The third-order valence-corrected chi connectivity index (χ3v) is 10.4. The number of amides is 1. The Hall–Kier alpha value is -2.19. The average molecular weight is 531 g/mol. The fourth-order valence-corrected chi connectivity index (χ4v) is 8.10. The molecule has 4 rings (SSSR count). The van der Waals surface area contributed by atoms with Crippen molar-refractivity contribution in [2.75, 3.05) is 23.4 Å². The highest BCUT2D eigenvalue weighted by atomic mass is 32.2. The van der Waals surface area contributed by atoms with Crippen LogP contribution in [0.15, 0.2) is 30.3 Å². The van der Waals surface area contributed by atoms with Crippen LogP contribution in [0.2, 0.25) is 0 Å². The van der Waals surface area contributed by atoms with E-state index in [-0.39, 0.29) is 24.9 Å². The van der Waals surface area contributed by atoms with Gasteiger partial charge in [0.15, 0.2) is 0 Å². The Labute approximate surface area is 220 Å². The van der Waals surface area contributed by atoms with Crippen LogP contribution in [0.25, 0.3) is 0 Å². The summed E-state index contributed by atoms with van der Waals surface area (Å²) < 4.78 is 11.9. The highest BCUT2D eigenvalue weighted by molar-refractivity contribution is 7.85. The SMILES string of the molecule is CCc1sc(C2CCS(=O)CC2)cc1C(Nc1ccc(C(=O)NCCC(=O)O)cc1)C1CCCCC1. The zero-order valence-corrected chi connectivity index (χ0v) is 22.7. The van der Waals surface area contributed by atoms with Crippen molar-refractivity contribution in [2.45, 2.75) is 76.7 Å². The molecule has 0 spiro atoms. The zero-order valence-electron chi connectivity index (χ0n) is 21.1. The largest absolute Gasteiger partial charge is 0.481 e. The Morgan fingerprint density at radius 2 is 1.78 bits per heavy atom. The lowest BCUT2D eigenvalue weighted by Gasteiger charge is -2.32. The third kappa shape index (κ3) is 6.97. The number of hydrogen-bond acceptors (Lipinski definition) is 5. The van der Waals surface area contributed by atoms with Crippen molar-refractivity contribution in [3.05, 3.63) is 51.2 Å². The van der Waals surface area contributed by atoms with Crippen molar-refractivity contribution < 1.29 is 18.9 Å². The van der Waals surface area contributed by atoms with Gasteiger partial charge in [-0.3, -0.25) is 13.8 Å². The van der Waals surface area contributed by atoms with Crippen LogP contribution in [-0.4, -0.2) is 39.2 Å². The molecular weight excluding hydrogens is 492 g/mol. The fraction of sp³-hybridized carbons (Fsp3) is 0.571. The van der Waals surface area contributed by atoms with Gasteiger partial charge in [0, 0.05) is 49.9 Å². The molecule has 36 heavy (non-hydrogen) atoms. The van der Waals surface area contributed by atoms with Crippen molar-refractivity contribution in [1.82, 2.24) is 5.32 Å². The molecule has 1 aromatic carbocycles. The van der Waals surface area contributed by atoms with Gasteiger partial charge in [-0.05, 0) is 79.8 Å². The van der Waals surface area contributed by atoms with Crippen LogP contribution >= 0.6 is 11.3 Å². The molecule has 1 atom stereocenters. The van der Waals surface area contributed by atoms with E-state index in [1.54, 1.807) is 12.1 Å². The molecule has 1 aromatic heterocycles. The minimum Gasteiger partial charge on any atom is -0.481 e. The Morgan fingerprint density at radius 1 is 1.08 bits per heavy atom. The lowest BCUT2D eigenvalue weighted by Crippen LogP contribution is -2.26. The first kappa shape index (κ1) is 26.9. The minimum absolute atomic E-state index is 0.0877. The van der Waals surface area contributed by atoms with E-state index in [1.807, 2.05) is 23.5 Å². The predicted octanol–water partition coefficient (Wildman–Crippen LogP) is 5.87. The molecule has 1 amide bonds. The number of carbonyl (C=O) groups is 2. The van der Waals surface area contributed by atoms with Crippen LogP contribution < -0.4 is 10.6 Å². The van der Waals surface area contributed by atoms with E-state index in [9.17, 15) is 13.8 Å². The van der Waals surface area contributed by atoms with Gasteiger partial charge in [-0.25, -0.2) is 0 Å². The van der Waals surface area contributed by atoms with Crippen molar-refractivity contribution in [1.29, 1.82) is 0 Å². The Bertz CT molecular complexity index is 1050. The molecule has 2 aromatic rings. The maximum atomic E-state index is 12.3. The van der Waals surface area contributed by atoms with E-state index in [2.05, 4.69) is 23.6 Å². The molecule has 1 unspecified atom stereocenters. The summed E-state index contributed by atoms with van der Waals surface area (Å²) >= 11 is 1.95. The number of rotatable bonds is 10. The smallest absolute Gasteiger partial charge is 0.305 e. The van der Waals surface area contributed by atoms with Crippen LogP contribution in [-0.2, 0) is 22.0 Å². The van der Waals surface area contributed by atoms with Crippen molar-refractivity contribution in [2.24, 2.45) is 5.92 Å². The zero-order chi connectivity index (χ0) is 25.5. The number of benzene rings is 1. The van der Waals surface area contributed by atoms with Crippen LogP contribution in [0.3, 0.4) is 0 Å². The second kappa shape index (κ2) is 12.9. The first-order chi connectivity index (χ1) is 17.4. The number of aliphatic carboxylic acids is 1. The highest BCUT2D eigenvalue weighted by Gasteiger charge is 2.30. The third-order valence-electron chi connectivity index (χ3n) is 7.52. The molecule has 2 fully saturated rings. The van der Waals surface area contributed by atoms with Gasteiger partial charge in [-0.2, -0.15) is 0 Å². The number of carbonyl (C=O) groups excluding carboxylic acids is 1. The van der Waals surface area contributed by atoms with Gasteiger partial charge in [0.25, 0.3) is 5.91 Å². The number of carboxylic acid groups (broad SMARTS) is 1. The molecule has 0 radical (unpaired) electrons. The van der Waals surface area contributed by atoms with Gasteiger partial charge in [-0.1, -0.05) is 26.2 Å². The average Bonchev–Trinajstić information content (AvgIpc) is 3.32. The molecular formula is C28H38N2O4S2. The van der Waals surface area contributed by atoms with Crippen LogP contribution in [0, 0.1) is 5.92 Å². The second-order valence-corrected chi connectivity index (χ2v) is 12.9. The molecule has 1 saturated carbocycles. The summed E-state index contributed by atoms with van der Waals surface area (Å²) in [6.45, 7) is 2.36. The molecule has 1 aliphatic heterocycles. The van der Waals surface area contributed by atoms with Crippen LogP contribution in [0.5, 0.6) is 0 Å². The minimum atomic E-state index is -0.926. The fourth-order valence-electron chi connectivity index (χ4n) is 5.48. The normalized spacial score (nSPS) is 21.6. The highest BCUT2D eigenvalue weighted by Crippen LogP contribution is 2.43. The van der Waals surface area contributed by atoms with Crippen molar-refractivity contribution >= 4 is 39.7 Å². The molecule has 6 nitrogen and oxygen atoms in total. The lowest BCUT2D eigenvalue weighted by molar-refractivity contribution is -0.136. The van der Waals surface area contributed by atoms with Gasteiger partial charge < -0.3 is 15.7 Å². The number of thiophene rings is 1. The summed E-state index contributed by atoms with van der Waals surface area (Å²) in [5.74, 6) is 1.56. The van der Waals surface area contributed by atoms with Gasteiger partial charge in [0.2, 0.25) is 0 Å². The number of carboxylic acids is 1. The number of anilines is 1. The Kier molecular flexibility index (Phi) is 9.60. The molecule has 196 valence electrons. The summed E-state index contributed by atoms with van der Waals surface area (Å²) in [6.07, 6.45) is 9.26. The van der Waals surface area contributed by atoms with Crippen LogP contribution in [0.1, 0.15) is 95.9 Å². The molecule has 1 aliphatic carbocycles. The molecule has 2 aliphatic rings. The topological polar surface area (TPSA) is 95.5 Å². The maximum absolute atomic E-state index is 12.3. The Balaban J connectivity index is 1.52. The van der Waals surface area contributed by atoms with Gasteiger partial charge in [0.1, 0.15) is 0 Å². The first-order valence-corrected chi connectivity index (χ1v) is 15.6. The molecule has 2 heterocycles. The standard InChI is InChI=1S/C28H38N2O4S2/c1-2-24-23(18-25(35-24)19-13-16-36(34)17-14-19)27(20-6-4-3-5-7-20)30-22-10-8-21(9-11-22)28(33)29-15-12-26(31)32/h8-11,18-20,27,30H,2-7,12-17H2,1H3,(H,29,33)(H,31,32). The van der Waals surface area contributed by atoms with E-state index in [1.165, 1.54) is 47.4 Å². The summed E-state index contributed by atoms with van der Waals surface area (Å²) in [5.41, 5.74) is 2.95. The van der Waals surface area contributed by atoms with E-state index >= 15 is 0 Å². The van der Waals surface area contributed by atoms with E-state index in [4.69, 9.17) is 5.11 Å². The van der Waals surface area contributed by atoms with Gasteiger partial charge in [-0.15, -0.1) is 11.3 Å². The van der Waals surface area contributed by atoms with Crippen LogP contribution in [0.4, 0.5) is 5.69 Å². The van der Waals surface area contributed by atoms with Gasteiger partial charge >= 0.3 is 5.97 Å². The molecule has 3 N–H and O–H groups in total. The summed E-state index contributed by atoms with van der Waals surface area (Å²) in [7, 11) is -0.646. The van der Waals surface area contributed by atoms with Crippen molar-refractivity contribution in [3.8, 4) is 0 Å². The lowest BCUT2D eigenvalue weighted by atomic mass is 9.80. The first-order valence-electron chi connectivity index (χ1n) is 13.3. The number of hydrogen-bond donors (Lipinski definition) is 3. The van der Waals surface area contributed by atoms with E-state index in [0.717, 1.165) is 36.5 Å². The van der Waals surface area contributed by atoms with Gasteiger partial charge in [0.05, 0.1) is 12.5 Å². The number of aryl methyl sites for hydroxylation is 1. The summed E-state index contributed by atoms with van der Waals surface area (Å²) in [6, 6.07) is 10.2. The summed E-state index contributed by atoms with van der Waals surface area (Å²) in [5, 5.41) is 15.3. The van der Waals surface area contributed by atoms with E-state index < -0.39 is 16.8 Å². The second-order valence-electron chi connectivity index (χ2n) is 10.0. The van der Waals surface area contributed by atoms with Crippen molar-refractivity contribution in [3.63, 3.8) is 0 Å². The quantitative estimate of drug-likeness (QED) is 0.357. The Morgan fingerprint density at radius 3 is 2.42 bits per heavy atom. The maximum Gasteiger partial charge on any atom is 0.305 e.